The van der Waals surface area contributed by atoms with Gasteiger partial charge in [-0.15, -0.1) is 0 Å². The van der Waals surface area contributed by atoms with Crippen LogP contribution < -0.4 is 5.32 Å². The lowest BCUT2D eigenvalue weighted by molar-refractivity contribution is 0.0622. The number of aromatic nitrogens is 1. The number of benzene rings is 1. The summed E-state index contributed by atoms with van der Waals surface area (Å²) in [4.78, 5) is 14.1. The minimum atomic E-state index is -0.979. The highest BCUT2D eigenvalue weighted by Gasteiger charge is 2.20. The van der Waals surface area contributed by atoms with Crippen molar-refractivity contribution in [2.24, 2.45) is 0 Å². The molecule has 1 aromatic heterocycles. The minimum Gasteiger partial charge on any atom is -0.392 e. The van der Waals surface area contributed by atoms with Crippen LogP contribution in [0.25, 0.3) is 0 Å². The number of amides is 1. The summed E-state index contributed by atoms with van der Waals surface area (Å²) in [5.74, 6) is -1.96. The largest absolute Gasteiger partial charge is 0.392 e. The Kier molecular flexibility index (Phi) is 5.40. The van der Waals surface area contributed by atoms with Gasteiger partial charge in [-0.2, -0.15) is 0 Å². The zero-order valence-corrected chi connectivity index (χ0v) is 13.5. The number of carbonyl (C=O) groups excluding carboxylic acids is 1. The number of carbonyl (C=O) groups is 1. The maximum Gasteiger partial charge on any atom is 0.273 e. The van der Waals surface area contributed by atoms with Crippen molar-refractivity contribution in [3.05, 3.63) is 52.9 Å². The van der Waals surface area contributed by atoms with E-state index in [2.05, 4.69) is 10.5 Å². The minimum absolute atomic E-state index is 0.0550. The summed E-state index contributed by atoms with van der Waals surface area (Å²) in [7, 11) is 0. The van der Waals surface area contributed by atoms with Crippen molar-refractivity contribution < 1.29 is 23.2 Å². The number of β-amino-alcohol motifs (C(OH)–C–C–N with tert-alkyl or cyclic N) is 1. The van der Waals surface area contributed by atoms with E-state index >= 15 is 0 Å². The molecule has 0 aliphatic carbocycles. The van der Waals surface area contributed by atoms with Crippen LogP contribution in [-0.2, 0) is 13.1 Å². The number of piperidine rings is 1. The van der Waals surface area contributed by atoms with E-state index in [9.17, 15) is 18.7 Å². The van der Waals surface area contributed by atoms with E-state index in [4.69, 9.17) is 4.52 Å². The predicted octanol–water partition coefficient (Wildman–Crippen LogP) is 1.84. The third kappa shape index (κ3) is 4.40. The number of aliphatic hydroxyl groups excluding tert-OH is 1. The van der Waals surface area contributed by atoms with Gasteiger partial charge in [-0.1, -0.05) is 17.3 Å². The van der Waals surface area contributed by atoms with Crippen molar-refractivity contribution in [3.63, 3.8) is 0 Å². The fourth-order valence-electron chi connectivity index (χ4n) is 2.84. The summed E-state index contributed by atoms with van der Waals surface area (Å²) in [6.07, 6.45) is 1.35. The molecule has 0 saturated carbocycles. The third-order valence-electron chi connectivity index (χ3n) is 4.12. The maximum absolute atomic E-state index is 13.6. The lowest BCUT2D eigenvalue weighted by Crippen LogP contribution is -2.37. The second-order valence-electron chi connectivity index (χ2n) is 6.11. The Bertz CT molecular complexity index is 750. The van der Waals surface area contributed by atoms with Gasteiger partial charge in [0.2, 0.25) is 0 Å². The van der Waals surface area contributed by atoms with Gasteiger partial charge < -0.3 is 14.9 Å². The molecule has 0 radical (unpaired) electrons. The number of nitrogens with one attached hydrogen (secondary N) is 1. The van der Waals surface area contributed by atoms with Gasteiger partial charge in [0.25, 0.3) is 5.91 Å². The first kappa shape index (κ1) is 17.5. The zero-order valence-electron chi connectivity index (χ0n) is 13.5. The first-order chi connectivity index (χ1) is 12.0. The topological polar surface area (TPSA) is 78.6 Å². The first-order valence-corrected chi connectivity index (χ1v) is 8.10. The van der Waals surface area contributed by atoms with Gasteiger partial charge in [0.1, 0.15) is 0 Å². The quantitative estimate of drug-likeness (QED) is 0.859. The van der Waals surface area contributed by atoms with E-state index in [-0.39, 0.29) is 23.9 Å². The molecule has 25 heavy (non-hydrogen) atoms. The molecular weight excluding hydrogens is 332 g/mol. The summed E-state index contributed by atoms with van der Waals surface area (Å²) in [6, 6.07) is 5.30. The molecule has 2 N–H and O–H groups in total. The van der Waals surface area contributed by atoms with Crippen LogP contribution >= 0.6 is 0 Å². The number of nitrogens with zero attached hydrogens (tertiary/aromatic N) is 2. The standard InChI is InChI=1S/C17H19F2N3O3/c18-14-5-1-3-11(16(14)19)8-20-17(24)15-7-13(25-21-15)10-22-6-2-4-12(23)9-22/h1,3,5,7,12,23H,2,4,6,8-10H2,(H,20,24)/t12-/m0/s1. The Morgan fingerprint density at radius 2 is 2.28 bits per heavy atom. The Morgan fingerprint density at radius 1 is 1.44 bits per heavy atom. The molecule has 1 aliphatic rings. The van der Waals surface area contributed by atoms with Crippen molar-refractivity contribution in [3.8, 4) is 0 Å². The Balaban J connectivity index is 1.56. The maximum atomic E-state index is 13.6. The second-order valence-corrected chi connectivity index (χ2v) is 6.11. The average molecular weight is 351 g/mol. The highest BCUT2D eigenvalue weighted by Crippen LogP contribution is 2.15. The van der Waals surface area contributed by atoms with E-state index in [1.807, 2.05) is 4.90 Å². The SMILES string of the molecule is O=C(NCc1cccc(F)c1F)c1cc(CN2CCC[C@H](O)C2)on1. The van der Waals surface area contributed by atoms with Crippen LogP contribution in [0, 0.1) is 11.6 Å². The van der Waals surface area contributed by atoms with Crippen LogP contribution in [0.2, 0.25) is 0 Å². The summed E-state index contributed by atoms with van der Waals surface area (Å²) >= 11 is 0. The van der Waals surface area contributed by atoms with Gasteiger partial charge in [-0.05, 0) is 25.5 Å². The van der Waals surface area contributed by atoms with Crippen molar-refractivity contribution in [1.82, 2.24) is 15.4 Å². The second kappa shape index (κ2) is 7.71. The normalized spacial score (nSPS) is 18.3. The average Bonchev–Trinajstić information content (AvgIpc) is 3.04. The fourth-order valence-corrected chi connectivity index (χ4v) is 2.84. The number of halogens is 2. The molecular formula is C17H19F2N3O3. The summed E-state index contributed by atoms with van der Waals surface area (Å²) < 4.78 is 31.9. The molecule has 1 amide bonds. The van der Waals surface area contributed by atoms with Crippen molar-refractivity contribution in [2.75, 3.05) is 13.1 Å². The van der Waals surface area contributed by atoms with Crippen LogP contribution in [0.4, 0.5) is 8.78 Å². The number of hydrogen-bond acceptors (Lipinski definition) is 5. The molecule has 0 spiro atoms. The molecule has 1 fully saturated rings. The molecule has 8 heteroatoms. The molecule has 0 bridgehead atoms. The Morgan fingerprint density at radius 3 is 3.08 bits per heavy atom. The van der Waals surface area contributed by atoms with Crippen LogP contribution in [-0.4, -0.2) is 40.3 Å². The van der Waals surface area contributed by atoms with Crippen molar-refractivity contribution in [2.45, 2.75) is 32.0 Å². The Hall–Kier alpha value is -2.32. The molecule has 3 rings (SSSR count). The Labute approximate surface area is 143 Å². The van der Waals surface area contributed by atoms with Crippen LogP contribution in [0.5, 0.6) is 0 Å². The highest BCUT2D eigenvalue weighted by molar-refractivity contribution is 5.92. The molecule has 1 aromatic carbocycles. The molecule has 1 aliphatic heterocycles. The van der Waals surface area contributed by atoms with Crippen molar-refractivity contribution >= 4 is 5.91 Å². The zero-order chi connectivity index (χ0) is 17.8. The fraction of sp³-hybridized carbons (Fsp3) is 0.412. The van der Waals surface area contributed by atoms with E-state index in [1.54, 1.807) is 0 Å². The summed E-state index contributed by atoms with van der Waals surface area (Å²) in [5.41, 5.74) is 0.128. The van der Waals surface area contributed by atoms with Crippen LogP contribution in [0.3, 0.4) is 0 Å². The van der Waals surface area contributed by atoms with Crippen LogP contribution in [0.15, 0.2) is 28.8 Å². The molecule has 0 unspecified atom stereocenters. The predicted molar refractivity (Wildman–Crippen MR) is 84.5 cm³/mol. The van der Waals surface area contributed by atoms with E-state index in [1.165, 1.54) is 18.2 Å². The number of aliphatic hydroxyl groups is 1. The lowest BCUT2D eigenvalue weighted by atomic mass is 10.1. The highest BCUT2D eigenvalue weighted by atomic mass is 19.2. The van der Waals surface area contributed by atoms with Gasteiger partial charge in [-0.25, -0.2) is 8.78 Å². The molecule has 2 aromatic rings. The molecule has 134 valence electrons. The third-order valence-corrected chi connectivity index (χ3v) is 4.12. The summed E-state index contributed by atoms with van der Waals surface area (Å²) in [6.45, 7) is 1.71. The number of hydrogen-bond donors (Lipinski definition) is 2. The molecule has 1 saturated heterocycles. The molecule has 2 heterocycles. The lowest BCUT2D eigenvalue weighted by Gasteiger charge is -2.28. The number of rotatable bonds is 5. The van der Waals surface area contributed by atoms with Gasteiger partial charge in [-0.3, -0.25) is 9.69 Å². The summed E-state index contributed by atoms with van der Waals surface area (Å²) in [5, 5.41) is 15.9. The van der Waals surface area contributed by atoms with Gasteiger partial charge >= 0.3 is 0 Å². The first-order valence-electron chi connectivity index (χ1n) is 8.10. The van der Waals surface area contributed by atoms with E-state index < -0.39 is 17.5 Å². The smallest absolute Gasteiger partial charge is 0.273 e. The number of likely N-dealkylation sites (tertiary alicyclic amines) is 1. The van der Waals surface area contributed by atoms with E-state index in [0.29, 0.717) is 18.8 Å². The van der Waals surface area contributed by atoms with E-state index in [0.717, 1.165) is 25.5 Å². The van der Waals surface area contributed by atoms with Crippen LogP contribution in [0.1, 0.15) is 34.7 Å². The molecule has 1 atom stereocenters. The molecule has 6 nitrogen and oxygen atoms in total. The van der Waals surface area contributed by atoms with Crippen molar-refractivity contribution in [1.29, 1.82) is 0 Å². The van der Waals surface area contributed by atoms with Gasteiger partial charge in [0.15, 0.2) is 23.1 Å². The van der Waals surface area contributed by atoms with Gasteiger partial charge in [0.05, 0.1) is 12.6 Å². The monoisotopic (exact) mass is 351 g/mol. The van der Waals surface area contributed by atoms with Gasteiger partial charge in [0, 0.05) is 24.7 Å².